The minimum atomic E-state index is -0.392. The van der Waals surface area contributed by atoms with Crippen LogP contribution in [0.25, 0.3) is 0 Å². The van der Waals surface area contributed by atoms with Gasteiger partial charge in [-0.1, -0.05) is 12.1 Å². The lowest BCUT2D eigenvalue weighted by molar-refractivity contribution is -0.384. The van der Waals surface area contributed by atoms with Crippen molar-refractivity contribution in [1.82, 2.24) is 4.90 Å². The first kappa shape index (κ1) is 19.3. The van der Waals surface area contributed by atoms with Crippen LogP contribution in [0, 0.1) is 10.1 Å². The van der Waals surface area contributed by atoms with Crippen molar-refractivity contribution in [1.29, 1.82) is 0 Å². The zero-order valence-electron chi connectivity index (χ0n) is 14.7. The summed E-state index contributed by atoms with van der Waals surface area (Å²) in [6.07, 6.45) is 0. The highest BCUT2D eigenvalue weighted by Gasteiger charge is 2.18. The van der Waals surface area contributed by atoms with Crippen LogP contribution < -0.4 is 4.90 Å². The number of carbonyl (C=O) groups excluding carboxylic acids is 1. The molecular weight excluding hydrogens is 414 g/mol. The number of hydrogen-bond donors (Lipinski definition) is 0. The lowest BCUT2D eigenvalue weighted by Gasteiger charge is -2.35. The number of benzene rings is 2. The van der Waals surface area contributed by atoms with Crippen LogP contribution in [0.5, 0.6) is 0 Å². The monoisotopic (exact) mass is 433 g/mol. The summed E-state index contributed by atoms with van der Waals surface area (Å²) in [6.45, 7) is 4.39. The van der Waals surface area contributed by atoms with E-state index in [1.807, 2.05) is 12.1 Å². The number of carbonyl (C=O) groups is 1. The van der Waals surface area contributed by atoms with Crippen LogP contribution in [0.1, 0.15) is 10.4 Å². The number of rotatable bonds is 6. The van der Waals surface area contributed by atoms with Crippen LogP contribution in [0.15, 0.2) is 53.0 Å². The average Bonchev–Trinajstić information content (AvgIpc) is 2.69. The van der Waals surface area contributed by atoms with Crippen LogP contribution in [0.2, 0.25) is 0 Å². The van der Waals surface area contributed by atoms with Crippen molar-refractivity contribution in [2.45, 2.75) is 0 Å². The largest absolute Gasteiger partial charge is 0.461 e. The van der Waals surface area contributed by atoms with Gasteiger partial charge in [-0.3, -0.25) is 15.0 Å². The molecule has 0 radical (unpaired) electrons. The van der Waals surface area contributed by atoms with E-state index in [4.69, 9.17) is 4.74 Å². The molecule has 2 aromatic carbocycles. The third-order valence-corrected chi connectivity index (χ3v) is 5.22. The first-order valence-electron chi connectivity index (χ1n) is 8.68. The fourth-order valence-electron chi connectivity index (χ4n) is 2.99. The van der Waals surface area contributed by atoms with E-state index < -0.39 is 4.92 Å². The topological polar surface area (TPSA) is 75.9 Å². The number of esters is 1. The maximum atomic E-state index is 12.1. The molecule has 1 heterocycles. The number of non-ortho nitro benzene ring substituents is 1. The molecule has 1 aliphatic heterocycles. The van der Waals surface area contributed by atoms with Gasteiger partial charge >= 0.3 is 5.97 Å². The summed E-state index contributed by atoms with van der Waals surface area (Å²) in [6, 6.07) is 13.8. The molecule has 0 bridgehead atoms. The Balaban J connectivity index is 1.42. The molecule has 1 aliphatic rings. The van der Waals surface area contributed by atoms with Crippen molar-refractivity contribution in [2.75, 3.05) is 44.2 Å². The van der Waals surface area contributed by atoms with Crippen LogP contribution in [-0.4, -0.2) is 55.1 Å². The number of nitro benzene ring substituents is 1. The zero-order chi connectivity index (χ0) is 19.2. The van der Waals surface area contributed by atoms with Gasteiger partial charge in [0.25, 0.3) is 5.69 Å². The summed E-state index contributed by atoms with van der Waals surface area (Å²) < 4.78 is 6.10. The Labute approximate surface area is 165 Å². The molecule has 27 heavy (non-hydrogen) atoms. The van der Waals surface area contributed by atoms with Gasteiger partial charge in [0.05, 0.1) is 10.5 Å². The molecule has 142 valence electrons. The second kappa shape index (κ2) is 8.96. The van der Waals surface area contributed by atoms with Crippen molar-refractivity contribution < 1.29 is 14.5 Å². The van der Waals surface area contributed by atoms with Crippen LogP contribution in [-0.2, 0) is 4.74 Å². The Kier molecular flexibility index (Phi) is 6.41. The van der Waals surface area contributed by atoms with Gasteiger partial charge in [-0.2, -0.15) is 0 Å². The summed E-state index contributed by atoms with van der Waals surface area (Å²) in [5, 5.41) is 10.7. The van der Waals surface area contributed by atoms with Gasteiger partial charge in [0.1, 0.15) is 6.61 Å². The van der Waals surface area contributed by atoms with Gasteiger partial charge in [0.2, 0.25) is 0 Å². The molecule has 0 unspecified atom stereocenters. The molecule has 0 atom stereocenters. The molecule has 0 saturated carbocycles. The summed E-state index contributed by atoms with van der Waals surface area (Å²) in [7, 11) is 0. The number of halogens is 1. The van der Waals surface area contributed by atoms with E-state index in [0.29, 0.717) is 18.7 Å². The van der Waals surface area contributed by atoms with E-state index in [-0.39, 0.29) is 11.7 Å². The van der Waals surface area contributed by atoms with Crippen LogP contribution in [0.3, 0.4) is 0 Å². The van der Waals surface area contributed by atoms with Crippen molar-refractivity contribution >= 4 is 33.3 Å². The molecule has 0 N–H and O–H groups in total. The van der Waals surface area contributed by atoms with E-state index in [1.165, 1.54) is 12.1 Å². The third kappa shape index (κ3) is 5.05. The third-order valence-electron chi connectivity index (χ3n) is 4.53. The van der Waals surface area contributed by atoms with E-state index in [1.54, 1.807) is 24.3 Å². The summed E-state index contributed by atoms with van der Waals surface area (Å²) in [4.78, 5) is 26.9. The van der Waals surface area contributed by atoms with Crippen molar-refractivity contribution in [3.05, 3.63) is 68.7 Å². The Morgan fingerprint density at radius 2 is 1.74 bits per heavy atom. The number of nitrogens with zero attached hydrogens (tertiary/aromatic N) is 3. The lowest BCUT2D eigenvalue weighted by atomic mass is 10.2. The van der Waals surface area contributed by atoms with E-state index in [9.17, 15) is 14.9 Å². The zero-order valence-corrected chi connectivity index (χ0v) is 16.3. The van der Waals surface area contributed by atoms with Crippen LogP contribution in [0.4, 0.5) is 11.4 Å². The van der Waals surface area contributed by atoms with Gasteiger partial charge < -0.3 is 9.64 Å². The Morgan fingerprint density at radius 3 is 2.37 bits per heavy atom. The number of nitro groups is 1. The fourth-order valence-corrected chi connectivity index (χ4v) is 3.43. The number of anilines is 1. The average molecular weight is 434 g/mol. The maximum absolute atomic E-state index is 12.1. The molecular formula is C19H20BrN3O4. The Hall–Kier alpha value is -2.45. The van der Waals surface area contributed by atoms with Gasteiger partial charge in [0.15, 0.2) is 0 Å². The Morgan fingerprint density at radius 1 is 1.07 bits per heavy atom. The van der Waals surface area contributed by atoms with Crippen molar-refractivity contribution in [3.63, 3.8) is 0 Å². The molecule has 0 aromatic heterocycles. The maximum Gasteiger partial charge on any atom is 0.339 e. The van der Waals surface area contributed by atoms with Gasteiger partial charge in [-0.05, 0) is 40.2 Å². The predicted octanol–water partition coefficient (Wildman–Crippen LogP) is 3.34. The second-order valence-corrected chi connectivity index (χ2v) is 7.07. The molecule has 7 nitrogen and oxygen atoms in total. The first-order chi connectivity index (χ1) is 13.0. The highest BCUT2D eigenvalue weighted by atomic mass is 79.9. The van der Waals surface area contributed by atoms with Gasteiger partial charge in [-0.15, -0.1) is 0 Å². The summed E-state index contributed by atoms with van der Waals surface area (Å²) >= 11 is 3.35. The molecule has 0 spiro atoms. The minimum absolute atomic E-state index is 0.101. The summed E-state index contributed by atoms with van der Waals surface area (Å²) in [5.41, 5.74) is 1.62. The molecule has 2 aromatic rings. The van der Waals surface area contributed by atoms with E-state index >= 15 is 0 Å². The highest BCUT2D eigenvalue weighted by molar-refractivity contribution is 9.10. The lowest BCUT2D eigenvalue weighted by Crippen LogP contribution is -2.47. The smallest absolute Gasteiger partial charge is 0.339 e. The second-order valence-electron chi connectivity index (χ2n) is 6.22. The number of ether oxygens (including phenoxy) is 1. The first-order valence-corrected chi connectivity index (χ1v) is 9.47. The summed E-state index contributed by atoms with van der Waals surface area (Å²) in [5.74, 6) is -0.327. The number of hydrogen-bond acceptors (Lipinski definition) is 6. The van der Waals surface area contributed by atoms with Crippen molar-refractivity contribution in [2.24, 2.45) is 0 Å². The molecule has 3 rings (SSSR count). The fraction of sp³-hybridized carbons (Fsp3) is 0.316. The molecule has 0 aliphatic carbocycles. The van der Waals surface area contributed by atoms with Gasteiger partial charge in [-0.25, -0.2) is 4.79 Å². The van der Waals surface area contributed by atoms with Crippen molar-refractivity contribution in [3.8, 4) is 0 Å². The molecule has 0 amide bonds. The van der Waals surface area contributed by atoms with E-state index in [0.717, 1.165) is 36.3 Å². The van der Waals surface area contributed by atoms with E-state index in [2.05, 4.69) is 25.7 Å². The van der Waals surface area contributed by atoms with Gasteiger partial charge in [0, 0.05) is 55.0 Å². The standard InChI is InChI=1S/C19H20BrN3O4/c20-18-4-2-1-3-17(18)19(24)27-14-13-21-9-11-22(12-10-21)15-5-7-16(8-6-15)23(25)26/h1-8H,9-14H2. The predicted molar refractivity (Wildman–Crippen MR) is 106 cm³/mol. The minimum Gasteiger partial charge on any atom is -0.461 e. The van der Waals surface area contributed by atoms with Crippen LogP contribution >= 0.6 is 15.9 Å². The normalized spacial score (nSPS) is 14.8. The molecule has 1 fully saturated rings. The Bertz CT molecular complexity index is 805. The quantitative estimate of drug-likeness (QED) is 0.395. The molecule has 8 heteroatoms. The molecule has 1 saturated heterocycles. The number of piperazine rings is 1. The SMILES string of the molecule is O=C(OCCN1CCN(c2ccc([N+](=O)[O-])cc2)CC1)c1ccccc1Br. The highest BCUT2D eigenvalue weighted by Crippen LogP contribution is 2.21.